The largest absolute Gasteiger partial charge is 0.465 e. The fourth-order valence-corrected chi connectivity index (χ4v) is 3.34. The normalized spacial score (nSPS) is 14.2. The van der Waals surface area contributed by atoms with Crippen LogP contribution in [0.1, 0.15) is 33.2 Å². The first kappa shape index (κ1) is 18.9. The number of Topliss-reactive ketones (excluding diaryl/α,β-unsaturated/α-hetero) is 2. The molecule has 0 saturated carbocycles. The van der Waals surface area contributed by atoms with Crippen molar-refractivity contribution in [1.29, 1.82) is 0 Å². The number of esters is 1. The Morgan fingerprint density at radius 3 is 2.41 bits per heavy atom. The number of carbonyl (C=O) groups excluding carboxylic acids is 4. The summed E-state index contributed by atoms with van der Waals surface area (Å²) in [5.41, 5.74) is 1.02. The van der Waals surface area contributed by atoms with Crippen LogP contribution in [0.15, 0.2) is 59.1 Å². The molecule has 0 amide bonds. The highest BCUT2D eigenvalue weighted by molar-refractivity contribution is 9.10. The van der Waals surface area contributed by atoms with Gasteiger partial charge in [0.1, 0.15) is 5.92 Å². The highest BCUT2D eigenvalue weighted by Crippen LogP contribution is 2.35. The lowest BCUT2D eigenvalue weighted by atomic mass is 9.79. The summed E-state index contributed by atoms with van der Waals surface area (Å²) in [6.07, 6.45) is 1.07. The summed E-state index contributed by atoms with van der Waals surface area (Å²) in [5, 5.41) is 0. The van der Waals surface area contributed by atoms with Gasteiger partial charge in [0.2, 0.25) is 11.6 Å². The van der Waals surface area contributed by atoms with Crippen molar-refractivity contribution in [3.8, 4) is 0 Å². The molecule has 0 fully saturated rings. The molecular weight excluding hydrogens is 412 g/mol. The maximum Gasteiger partial charge on any atom is 0.321 e. The molecule has 1 unspecified atom stereocenters. The molecule has 1 aliphatic carbocycles. The third-order valence-electron chi connectivity index (χ3n) is 4.20. The standard InChI is InChI=1S/C21H15BrO5/c1-2-27-21(26)18(19(24)12-6-4-3-5-7-12)16-11-17(23)20(25)14-9-8-13(22)10-15(14)16/h3-11,18H,2H2,1H3. The zero-order chi connectivity index (χ0) is 19.6. The van der Waals surface area contributed by atoms with Crippen LogP contribution in [0.2, 0.25) is 0 Å². The van der Waals surface area contributed by atoms with E-state index in [9.17, 15) is 19.2 Å². The molecule has 2 aromatic rings. The number of benzene rings is 2. The number of halogens is 1. The van der Waals surface area contributed by atoms with Gasteiger partial charge in [0.15, 0.2) is 5.78 Å². The van der Waals surface area contributed by atoms with Crippen molar-refractivity contribution in [1.82, 2.24) is 0 Å². The number of hydrogen-bond acceptors (Lipinski definition) is 5. The van der Waals surface area contributed by atoms with Gasteiger partial charge >= 0.3 is 5.97 Å². The van der Waals surface area contributed by atoms with Crippen molar-refractivity contribution in [3.63, 3.8) is 0 Å². The molecule has 1 atom stereocenters. The van der Waals surface area contributed by atoms with Crippen LogP contribution < -0.4 is 0 Å². The number of fused-ring (bicyclic) bond motifs is 1. The van der Waals surface area contributed by atoms with Crippen LogP contribution >= 0.6 is 15.9 Å². The quantitative estimate of drug-likeness (QED) is 0.315. The average molecular weight is 427 g/mol. The highest BCUT2D eigenvalue weighted by Gasteiger charge is 2.38. The van der Waals surface area contributed by atoms with Crippen LogP contribution in [0.3, 0.4) is 0 Å². The Morgan fingerprint density at radius 2 is 1.74 bits per heavy atom. The molecule has 0 saturated heterocycles. The van der Waals surface area contributed by atoms with E-state index < -0.39 is 29.2 Å². The SMILES string of the molecule is CCOC(=O)C(C(=O)c1ccccc1)C1=CC(=O)C(=O)c2ccc(Br)cc21. The van der Waals surface area contributed by atoms with Gasteiger partial charge in [-0.1, -0.05) is 46.3 Å². The minimum atomic E-state index is -1.34. The molecule has 27 heavy (non-hydrogen) atoms. The number of hydrogen-bond donors (Lipinski definition) is 0. The zero-order valence-electron chi connectivity index (χ0n) is 14.4. The van der Waals surface area contributed by atoms with Crippen molar-refractivity contribution in [3.05, 3.63) is 75.8 Å². The van der Waals surface area contributed by atoms with Crippen molar-refractivity contribution >= 4 is 44.8 Å². The lowest BCUT2D eigenvalue weighted by Gasteiger charge is -2.23. The second-order valence-electron chi connectivity index (χ2n) is 5.90. The molecule has 5 nitrogen and oxygen atoms in total. The van der Waals surface area contributed by atoms with Gasteiger partial charge in [-0.25, -0.2) is 0 Å². The summed E-state index contributed by atoms with van der Waals surface area (Å²) in [6.45, 7) is 1.72. The molecule has 0 aromatic heterocycles. The smallest absolute Gasteiger partial charge is 0.321 e. The Labute approximate surface area is 164 Å². The first-order valence-electron chi connectivity index (χ1n) is 8.30. The van der Waals surface area contributed by atoms with E-state index in [2.05, 4.69) is 15.9 Å². The summed E-state index contributed by atoms with van der Waals surface area (Å²) in [4.78, 5) is 50.2. The number of allylic oxidation sites excluding steroid dienone is 1. The predicted octanol–water partition coefficient (Wildman–Crippen LogP) is 3.66. The first-order chi connectivity index (χ1) is 12.9. The topological polar surface area (TPSA) is 77.5 Å². The highest BCUT2D eigenvalue weighted by atomic mass is 79.9. The molecule has 3 rings (SSSR count). The Morgan fingerprint density at radius 1 is 1.04 bits per heavy atom. The molecule has 136 valence electrons. The lowest BCUT2D eigenvalue weighted by molar-refractivity contribution is -0.144. The van der Waals surface area contributed by atoms with Crippen molar-refractivity contribution in [2.24, 2.45) is 5.92 Å². The minimum absolute atomic E-state index is 0.0862. The van der Waals surface area contributed by atoms with E-state index in [0.29, 0.717) is 15.6 Å². The molecule has 2 aromatic carbocycles. The van der Waals surface area contributed by atoms with Crippen LogP contribution in [0.5, 0.6) is 0 Å². The van der Waals surface area contributed by atoms with Crippen molar-refractivity contribution in [2.75, 3.05) is 6.61 Å². The number of carbonyl (C=O) groups is 4. The zero-order valence-corrected chi connectivity index (χ0v) is 16.0. The maximum absolute atomic E-state index is 13.1. The molecule has 0 bridgehead atoms. The molecule has 1 aliphatic rings. The van der Waals surface area contributed by atoms with Crippen LogP contribution in [0.4, 0.5) is 0 Å². The Bertz CT molecular complexity index is 975. The van der Waals surface area contributed by atoms with E-state index in [1.54, 1.807) is 49.4 Å². The van der Waals surface area contributed by atoms with Crippen LogP contribution in [-0.2, 0) is 14.3 Å². The number of ketones is 3. The lowest BCUT2D eigenvalue weighted by Crippen LogP contribution is -2.31. The van der Waals surface area contributed by atoms with Gasteiger partial charge in [-0.05, 0) is 42.3 Å². The van der Waals surface area contributed by atoms with Gasteiger partial charge in [0.25, 0.3) is 0 Å². The second kappa shape index (κ2) is 7.80. The van der Waals surface area contributed by atoms with Gasteiger partial charge in [0, 0.05) is 15.6 Å². The molecule has 0 heterocycles. The third-order valence-corrected chi connectivity index (χ3v) is 4.69. The summed E-state index contributed by atoms with van der Waals surface area (Å²) < 4.78 is 5.76. The van der Waals surface area contributed by atoms with Gasteiger partial charge in [-0.3, -0.25) is 19.2 Å². The summed E-state index contributed by atoms with van der Waals surface area (Å²) in [7, 11) is 0. The van der Waals surface area contributed by atoms with Gasteiger partial charge in [-0.2, -0.15) is 0 Å². The van der Waals surface area contributed by atoms with Gasteiger partial charge < -0.3 is 4.74 Å². The fourth-order valence-electron chi connectivity index (χ4n) is 2.98. The maximum atomic E-state index is 13.1. The fraction of sp³-hybridized carbons (Fsp3) is 0.143. The summed E-state index contributed by atoms with van der Waals surface area (Å²) >= 11 is 3.33. The molecule has 0 aliphatic heterocycles. The van der Waals surface area contributed by atoms with Gasteiger partial charge in [-0.15, -0.1) is 0 Å². The molecule has 0 radical (unpaired) electrons. The molecular formula is C21H15BrO5. The molecule has 0 N–H and O–H groups in total. The molecule has 6 heteroatoms. The average Bonchev–Trinajstić information content (AvgIpc) is 2.66. The Balaban J connectivity index is 2.18. The van der Waals surface area contributed by atoms with E-state index in [4.69, 9.17) is 4.74 Å². The van der Waals surface area contributed by atoms with E-state index in [-0.39, 0.29) is 17.7 Å². The Hall–Kier alpha value is -2.86. The number of rotatable bonds is 5. The van der Waals surface area contributed by atoms with Crippen molar-refractivity contribution < 1.29 is 23.9 Å². The molecule has 0 spiro atoms. The first-order valence-corrected chi connectivity index (χ1v) is 9.09. The Kier molecular flexibility index (Phi) is 5.46. The van der Waals surface area contributed by atoms with E-state index in [1.165, 1.54) is 6.07 Å². The third kappa shape index (κ3) is 3.66. The van der Waals surface area contributed by atoms with Crippen LogP contribution in [0.25, 0.3) is 5.57 Å². The summed E-state index contributed by atoms with van der Waals surface area (Å²) in [6, 6.07) is 13.1. The van der Waals surface area contributed by atoms with Crippen LogP contribution in [-0.4, -0.2) is 29.9 Å². The minimum Gasteiger partial charge on any atom is -0.465 e. The van der Waals surface area contributed by atoms with Gasteiger partial charge in [0.05, 0.1) is 6.61 Å². The van der Waals surface area contributed by atoms with E-state index >= 15 is 0 Å². The predicted molar refractivity (Wildman–Crippen MR) is 102 cm³/mol. The van der Waals surface area contributed by atoms with Crippen molar-refractivity contribution in [2.45, 2.75) is 6.92 Å². The number of ether oxygens (including phenoxy) is 1. The van der Waals surface area contributed by atoms with E-state index in [0.717, 1.165) is 6.08 Å². The second-order valence-corrected chi connectivity index (χ2v) is 6.81. The van der Waals surface area contributed by atoms with Crippen LogP contribution in [0, 0.1) is 5.92 Å². The monoisotopic (exact) mass is 426 g/mol. The summed E-state index contributed by atoms with van der Waals surface area (Å²) in [5.74, 6) is -4.03. The van der Waals surface area contributed by atoms with E-state index in [1.807, 2.05) is 0 Å².